The quantitative estimate of drug-likeness (QED) is 0.901. The van der Waals surface area contributed by atoms with E-state index in [0.29, 0.717) is 17.0 Å². The Morgan fingerprint density at radius 2 is 1.81 bits per heavy atom. The maximum Gasteiger partial charge on any atom is 0.262 e. The number of carbonyl (C=O) groups is 2. The Hall–Kier alpha value is -2.86. The summed E-state index contributed by atoms with van der Waals surface area (Å²) in [6.07, 6.45) is 1.03. The van der Waals surface area contributed by atoms with E-state index >= 15 is 0 Å². The Labute approximate surface area is 158 Å². The summed E-state index contributed by atoms with van der Waals surface area (Å²) < 4.78 is 5.41. The molecule has 1 fully saturated rings. The molecule has 2 aliphatic heterocycles. The molecule has 0 bridgehead atoms. The summed E-state index contributed by atoms with van der Waals surface area (Å²) in [7, 11) is 0. The van der Waals surface area contributed by atoms with Crippen LogP contribution in [0.5, 0.6) is 5.75 Å². The van der Waals surface area contributed by atoms with Crippen LogP contribution in [0.4, 0.5) is 5.69 Å². The summed E-state index contributed by atoms with van der Waals surface area (Å²) in [6, 6.07) is 15.7. The number of ether oxygens (including phenoxy) is 1. The molecule has 1 saturated heterocycles. The zero-order chi connectivity index (χ0) is 18.6. The number of hydrogen-bond acceptors (Lipinski definition) is 4. The van der Waals surface area contributed by atoms with E-state index in [4.69, 9.17) is 4.74 Å². The first-order chi connectivity index (χ1) is 13.2. The van der Waals surface area contributed by atoms with E-state index in [9.17, 15) is 9.59 Å². The largest absolute Gasteiger partial charge is 0.482 e. The summed E-state index contributed by atoms with van der Waals surface area (Å²) in [6.45, 7) is 4.22. The molecule has 0 aromatic heterocycles. The number of rotatable bonds is 4. The van der Waals surface area contributed by atoms with E-state index < -0.39 is 0 Å². The number of nitrogens with zero attached hydrogens (tertiary/aromatic N) is 2. The zero-order valence-corrected chi connectivity index (χ0v) is 15.2. The highest BCUT2D eigenvalue weighted by atomic mass is 16.5. The average molecular weight is 365 g/mol. The predicted molar refractivity (Wildman–Crippen MR) is 103 cm³/mol. The monoisotopic (exact) mass is 365 g/mol. The van der Waals surface area contributed by atoms with Gasteiger partial charge in [0.2, 0.25) is 0 Å². The normalized spacial score (nSPS) is 17.0. The molecule has 2 aromatic rings. The van der Waals surface area contributed by atoms with Crippen molar-refractivity contribution in [3.05, 3.63) is 59.7 Å². The van der Waals surface area contributed by atoms with Crippen LogP contribution in [0.3, 0.4) is 0 Å². The van der Waals surface area contributed by atoms with Crippen molar-refractivity contribution in [1.29, 1.82) is 0 Å². The number of hydrogen-bond donors (Lipinski definition) is 1. The van der Waals surface area contributed by atoms with Crippen LogP contribution in [0.15, 0.2) is 48.5 Å². The maximum absolute atomic E-state index is 12.8. The molecule has 6 heteroatoms. The van der Waals surface area contributed by atoms with Crippen LogP contribution < -0.4 is 10.1 Å². The van der Waals surface area contributed by atoms with E-state index in [1.165, 1.54) is 5.56 Å². The fraction of sp³-hybridized carbons (Fsp3) is 0.333. The minimum Gasteiger partial charge on any atom is -0.482 e. The summed E-state index contributed by atoms with van der Waals surface area (Å²) in [5.41, 5.74) is 2.56. The lowest BCUT2D eigenvalue weighted by atomic mass is 10.1. The Kier molecular flexibility index (Phi) is 5.07. The minimum atomic E-state index is -0.173. The Balaban J connectivity index is 1.31. The minimum absolute atomic E-state index is 0.00919. The molecule has 2 heterocycles. The van der Waals surface area contributed by atoms with Gasteiger partial charge in [0.05, 0.1) is 5.69 Å². The van der Waals surface area contributed by atoms with Gasteiger partial charge in [-0.05, 0) is 30.2 Å². The highest BCUT2D eigenvalue weighted by Crippen LogP contribution is 2.29. The summed E-state index contributed by atoms with van der Waals surface area (Å²) in [5.74, 6) is 0.399. The second kappa shape index (κ2) is 7.80. The third-order valence-corrected chi connectivity index (χ3v) is 5.08. The Bertz CT molecular complexity index is 830. The smallest absolute Gasteiger partial charge is 0.262 e. The second-order valence-corrected chi connectivity index (χ2v) is 6.92. The van der Waals surface area contributed by atoms with Crippen molar-refractivity contribution in [1.82, 2.24) is 9.80 Å². The predicted octanol–water partition coefficient (Wildman–Crippen LogP) is 2.02. The number of benzene rings is 2. The van der Waals surface area contributed by atoms with Gasteiger partial charge in [0, 0.05) is 38.3 Å². The summed E-state index contributed by atoms with van der Waals surface area (Å²) in [5, 5.41) is 2.74. The van der Waals surface area contributed by atoms with Gasteiger partial charge in [0.25, 0.3) is 11.8 Å². The van der Waals surface area contributed by atoms with E-state index in [-0.39, 0.29) is 18.4 Å². The molecule has 140 valence electrons. The van der Waals surface area contributed by atoms with Gasteiger partial charge in [-0.2, -0.15) is 0 Å². The van der Waals surface area contributed by atoms with E-state index in [1.54, 1.807) is 18.2 Å². The van der Waals surface area contributed by atoms with E-state index in [2.05, 4.69) is 34.5 Å². The van der Waals surface area contributed by atoms with Crippen molar-refractivity contribution in [3.63, 3.8) is 0 Å². The van der Waals surface area contributed by atoms with E-state index in [0.717, 1.165) is 39.1 Å². The van der Waals surface area contributed by atoms with E-state index in [1.807, 2.05) is 11.0 Å². The molecule has 6 nitrogen and oxygen atoms in total. The summed E-state index contributed by atoms with van der Waals surface area (Å²) in [4.78, 5) is 28.4. The first-order valence-corrected chi connectivity index (χ1v) is 9.31. The van der Waals surface area contributed by atoms with Gasteiger partial charge in [-0.15, -0.1) is 0 Å². The van der Waals surface area contributed by atoms with Gasteiger partial charge in [-0.3, -0.25) is 14.5 Å². The molecule has 4 rings (SSSR count). The summed E-state index contributed by atoms with van der Waals surface area (Å²) >= 11 is 0. The lowest BCUT2D eigenvalue weighted by molar-refractivity contribution is -0.118. The molecule has 0 atom stereocenters. The molecule has 0 spiro atoms. The number of nitrogens with one attached hydrogen (secondary N) is 1. The van der Waals surface area contributed by atoms with Crippen LogP contribution in [0, 0.1) is 0 Å². The molecule has 0 saturated carbocycles. The first-order valence-electron chi connectivity index (χ1n) is 9.31. The molecule has 1 N–H and O–H groups in total. The zero-order valence-electron chi connectivity index (χ0n) is 15.2. The average Bonchev–Trinajstić information content (AvgIpc) is 2.72. The lowest BCUT2D eigenvalue weighted by Gasteiger charge is -2.35. The third kappa shape index (κ3) is 4.11. The number of anilines is 1. The fourth-order valence-electron chi connectivity index (χ4n) is 3.50. The van der Waals surface area contributed by atoms with Crippen molar-refractivity contribution in [2.45, 2.75) is 6.42 Å². The third-order valence-electron chi connectivity index (χ3n) is 5.08. The van der Waals surface area contributed by atoms with Crippen LogP contribution in [-0.2, 0) is 11.2 Å². The molecule has 0 aliphatic carbocycles. The lowest BCUT2D eigenvalue weighted by Crippen LogP contribution is -2.49. The van der Waals surface area contributed by atoms with Gasteiger partial charge >= 0.3 is 0 Å². The van der Waals surface area contributed by atoms with Crippen molar-refractivity contribution in [2.75, 3.05) is 44.6 Å². The molecule has 2 aromatic carbocycles. The van der Waals surface area contributed by atoms with Gasteiger partial charge in [0.15, 0.2) is 6.61 Å². The van der Waals surface area contributed by atoms with Crippen molar-refractivity contribution in [2.24, 2.45) is 0 Å². The molecule has 0 unspecified atom stereocenters. The van der Waals surface area contributed by atoms with Crippen molar-refractivity contribution >= 4 is 17.5 Å². The van der Waals surface area contributed by atoms with Gasteiger partial charge in [0.1, 0.15) is 5.75 Å². The molecule has 27 heavy (non-hydrogen) atoms. The molecule has 0 radical (unpaired) electrons. The highest BCUT2D eigenvalue weighted by molar-refractivity contribution is 5.99. The van der Waals surface area contributed by atoms with Crippen LogP contribution in [-0.4, -0.2) is 60.9 Å². The number of fused-ring (bicyclic) bond motifs is 1. The van der Waals surface area contributed by atoms with Crippen LogP contribution in [0.2, 0.25) is 0 Å². The highest BCUT2D eigenvalue weighted by Gasteiger charge is 2.24. The number of piperazine rings is 1. The van der Waals surface area contributed by atoms with Crippen LogP contribution in [0.25, 0.3) is 0 Å². The van der Waals surface area contributed by atoms with Gasteiger partial charge in [-0.25, -0.2) is 0 Å². The molecule has 2 aliphatic rings. The number of amides is 2. The fourth-order valence-corrected chi connectivity index (χ4v) is 3.50. The Morgan fingerprint density at radius 1 is 1.04 bits per heavy atom. The molecule has 2 amide bonds. The molecular weight excluding hydrogens is 342 g/mol. The molecular formula is C21H23N3O3. The van der Waals surface area contributed by atoms with Gasteiger partial charge in [-0.1, -0.05) is 30.3 Å². The van der Waals surface area contributed by atoms with Crippen molar-refractivity contribution < 1.29 is 14.3 Å². The van der Waals surface area contributed by atoms with Crippen LogP contribution >= 0.6 is 0 Å². The SMILES string of the molecule is O=C1COc2cc(C(=O)N3CCN(CCc4ccccc4)CC3)ccc2N1. The topological polar surface area (TPSA) is 61.9 Å². The second-order valence-electron chi connectivity index (χ2n) is 6.92. The first kappa shape index (κ1) is 17.5. The van der Waals surface area contributed by atoms with Crippen molar-refractivity contribution in [3.8, 4) is 5.75 Å². The van der Waals surface area contributed by atoms with Gasteiger partial charge < -0.3 is 15.0 Å². The standard InChI is InChI=1S/C21H23N3O3/c25-20-15-27-19-14-17(6-7-18(19)22-20)21(26)24-12-10-23(11-13-24)9-8-16-4-2-1-3-5-16/h1-7,14H,8-13,15H2,(H,22,25). The van der Waals surface area contributed by atoms with Crippen LogP contribution in [0.1, 0.15) is 15.9 Å². The maximum atomic E-state index is 12.8. The Morgan fingerprint density at radius 3 is 2.59 bits per heavy atom. The number of carbonyl (C=O) groups excluding carboxylic acids is 2.